The van der Waals surface area contributed by atoms with E-state index >= 15 is 0 Å². The van der Waals surface area contributed by atoms with Crippen LogP contribution in [0.5, 0.6) is 5.88 Å². The number of aliphatic hydroxyl groups excluding tert-OH is 1. The van der Waals surface area contributed by atoms with Gasteiger partial charge >= 0.3 is 0 Å². The van der Waals surface area contributed by atoms with Crippen LogP contribution < -0.4 is 15.4 Å². The molecular weight excluding hydrogens is 635 g/mol. The molecule has 47 heavy (non-hydrogen) atoms. The van der Waals surface area contributed by atoms with Gasteiger partial charge in [-0.3, -0.25) is 14.7 Å². The lowest BCUT2D eigenvalue weighted by atomic mass is 9.99. The summed E-state index contributed by atoms with van der Waals surface area (Å²) in [6, 6.07) is 18.0. The fraction of sp³-hybridized carbons (Fsp3) is 0.306. The van der Waals surface area contributed by atoms with Gasteiger partial charge in [-0.05, 0) is 37.2 Å². The van der Waals surface area contributed by atoms with Gasteiger partial charge in [0.15, 0.2) is 0 Å². The quantitative estimate of drug-likeness (QED) is 0.148. The van der Waals surface area contributed by atoms with Crippen molar-refractivity contribution < 1.29 is 14.6 Å². The third kappa shape index (κ3) is 7.00. The Morgan fingerprint density at radius 3 is 2.66 bits per heavy atom. The van der Waals surface area contributed by atoms with E-state index in [4.69, 9.17) is 32.9 Å². The number of aryl methyl sites for hydroxylation is 1. The Hall–Kier alpha value is -3.99. The minimum Gasteiger partial charge on any atom is -0.481 e. The number of aliphatic hydroxyl groups is 1. The lowest BCUT2D eigenvalue weighted by molar-refractivity contribution is -0.119. The number of pyridine rings is 2. The third-order valence-corrected chi connectivity index (χ3v) is 9.44. The molecule has 2 aromatic carbocycles. The van der Waals surface area contributed by atoms with Gasteiger partial charge in [-0.2, -0.15) is 0 Å². The van der Waals surface area contributed by atoms with Crippen molar-refractivity contribution in [2.45, 2.75) is 32.0 Å². The van der Waals surface area contributed by atoms with Crippen LogP contribution in [-0.2, 0) is 24.9 Å². The van der Waals surface area contributed by atoms with Gasteiger partial charge in [0, 0.05) is 96.8 Å². The summed E-state index contributed by atoms with van der Waals surface area (Å²) in [6.07, 6.45) is 5.30. The highest BCUT2D eigenvalue weighted by atomic mass is 35.5. The van der Waals surface area contributed by atoms with Crippen LogP contribution in [0.25, 0.3) is 44.5 Å². The first-order valence-electron chi connectivity index (χ1n) is 15.6. The molecule has 0 radical (unpaired) electrons. The number of carbonyl (C=O) groups is 1. The first-order chi connectivity index (χ1) is 22.8. The first kappa shape index (κ1) is 32.9. The summed E-state index contributed by atoms with van der Waals surface area (Å²) in [6.45, 7) is 2.71. The van der Waals surface area contributed by atoms with E-state index < -0.39 is 0 Å². The Morgan fingerprint density at radius 2 is 1.89 bits per heavy atom. The molecule has 1 amide bonds. The molecule has 3 N–H and O–H groups in total. The van der Waals surface area contributed by atoms with Crippen molar-refractivity contribution in [2.75, 3.05) is 33.9 Å². The zero-order valence-electron chi connectivity index (χ0n) is 26.7. The van der Waals surface area contributed by atoms with Crippen LogP contribution in [0.15, 0.2) is 67.0 Å². The molecule has 0 bridgehead atoms. The number of halogens is 2. The van der Waals surface area contributed by atoms with Crippen LogP contribution in [0.3, 0.4) is 0 Å². The number of ether oxygens (including phenoxy) is 1. The number of nitrogens with one attached hydrogen (secondary N) is 2. The summed E-state index contributed by atoms with van der Waals surface area (Å²) < 4.78 is 7.76. The maximum Gasteiger partial charge on any atom is 0.220 e. The Balaban J connectivity index is 1.27. The van der Waals surface area contributed by atoms with E-state index in [1.165, 1.54) is 5.56 Å². The second kappa shape index (κ2) is 14.4. The normalized spacial score (nSPS) is 14.7. The molecule has 244 valence electrons. The molecular formula is C36H38Cl2N6O3. The number of hydrogen-bond acceptors (Lipinski definition) is 7. The van der Waals surface area contributed by atoms with Gasteiger partial charge in [0.2, 0.25) is 11.8 Å². The van der Waals surface area contributed by atoms with Gasteiger partial charge in [0.1, 0.15) is 0 Å². The molecule has 5 aromatic rings. The van der Waals surface area contributed by atoms with Crippen molar-refractivity contribution in [1.29, 1.82) is 0 Å². The standard InChI is InChI=1S/C36H38Cl2N6O3/c1-43(15-16-45)20-24-21-44(2)31-17-22(7-10-26(24)31)35-34(38)28(13-14-40-35)27-5-4-6-29(33(27)37)30-11-8-23(36(42-30)47-3)18-39-19-25-9-12-32(46)41-25/h4-8,10-11,13-14,17,21,25,39,45H,9,12,15-16,18-20H2,1-3H3,(H,41,46)/t25-/m0/s1. The molecule has 1 fully saturated rings. The van der Waals surface area contributed by atoms with Crippen LogP contribution in [-0.4, -0.2) is 70.3 Å². The highest BCUT2D eigenvalue weighted by Gasteiger charge is 2.21. The summed E-state index contributed by atoms with van der Waals surface area (Å²) in [5.41, 5.74) is 7.73. The number of hydrogen-bond donors (Lipinski definition) is 3. The average molecular weight is 674 g/mol. The Kier molecular flexibility index (Phi) is 10.1. The fourth-order valence-corrected chi connectivity index (χ4v) is 6.86. The number of amides is 1. The molecule has 1 atom stereocenters. The van der Waals surface area contributed by atoms with Crippen molar-refractivity contribution in [1.82, 2.24) is 30.1 Å². The molecule has 11 heteroatoms. The van der Waals surface area contributed by atoms with Crippen LogP contribution in [0.1, 0.15) is 24.0 Å². The largest absolute Gasteiger partial charge is 0.481 e. The predicted molar refractivity (Wildman–Crippen MR) is 188 cm³/mol. The van der Waals surface area contributed by atoms with E-state index in [1.54, 1.807) is 13.3 Å². The first-order valence-corrected chi connectivity index (χ1v) is 16.4. The lowest BCUT2D eigenvalue weighted by Crippen LogP contribution is -2.35. The summed E-state index contributed by atoms with van der Waals surface area (Å²) >= 11 is 14.2. The van der Waals surface area contributed by atoms with E-state index in [9.17, 15) is 9.90 Å². The summed E-state index contributed by atoms with van der Waals surface area (Å²) in [4.78, 5) is 23.1. The van der Waals surface area contributed by atoms with E-state index in [1.807, 2.05) is 56.6 Å². The molecule has 0 aliphatic carbocycles. The number of carbonyl (C=O) groups excluding carboxylic acids is 1. The molecule has 0 saturated carbocycles. The van der Waals surface area contributed by atoms with E-state index in [2.05, 4.69) is 43.4 Å². The number of rotatable bonds is 12. The molecule has 1 saturated heterocycles. The Bertz CT molecular complexity index is 1930. The lowest BCUT2D eigenvalue weighted by Gasteiger charge is -2.15. The minimum atomic E-state index is 0.103. The smallest absolute Gasteiger partial charge is 0.220 e. The van der Waals surface area contributed by atoms with Crippen LogP contribution in [0.4, 0.5) is 0 Å². The SMILES string of the molecule is COc1nc(-c2cccc(-c3ccnc(-c4ccc5c(CN(C)CCO)cn(C)c5c4)c3Cl)c2Cl)ccc1CNC[C@@H]1CCC(=O)N1. The zero-order valence-corrected chi connectivity index (χ0v) is 28.2. The number of aromatic nitrogens is 3. The molecule has 1 aliphatic rings. The highest BCUT2D eigenvalue weighted by molar-refractivity contribution is 6.39. The minimum absolute atomic E-state index is 0.103. The number of benzene rings is 2. The Labute approximate surface area is 284 Å². The number of nitrogens with zero attached hydrogens (tertiary/aromatic N) is 4. The molecule has 1 aliphatic heterocycles. The number of fused-ring (bicyclic) bond motifs is 1. The number of methoxy groups -OCH3 is 1. The van der Waals surface area contributed by atoms with Crippen LogP contribution in [0, 0.1) is 0 Å². The van der Waals surface area contributed by atoms with Gasteiger partial charge in [-0.15, -0.1) is 0 Å². The second-order valence-electron chi connectivity index (χ2n) is 11.9. The highest BCUT2D eigenvalue weighted by Crippen LogP contribution is 2.42. The van der Waals surface area contributed by atoms with Crippen molar-refractivity contribution in [3.63, 3.8) is 0 Å². The van der Waals surface area contributed by atoms with Crippen molar-refractivity contribution in [2.24, 2.45) is 7.05 Å². The van der Waals surface area contributed by atoms with E-state index in [0.717, 1.165) is 51.7 Å². The molecule has 4 heterocycles. The maximum atomic E-state index is 11.5. The molecule has 9 nitrogen and oxygen atoms in total. The third-order valence-electron chi connectivity index (χ3n) is 8.65. The van der Waals surface area contributed by atoms with E-state index in [0.29, 0.717) is 53.4 Å². The summed E-state index contributed by atoms with van der Waals surface area (Å²) in [7, 11) is 5.63. The molecule has 0 unspecified atom stereocenters. The zero-order chi connectivity index (χ0) is 33.1. The van der Waals surface area contributed by atoms with Crippen LogP contribution in [0.2, 0.25) is 10.0 Å². The second-order valence-corrected chi connectivity index (χ2v) is 12.7. The van der Waals surface area contributed by atoms with Crippen molar-refractivity contribution >= 4 is 40.0 Å². The van der Waals surface area contributed by atoms with Gasteiger partial charge in [0.05, 0.1) is 35.1 Å². The summed E-state index contributed by atoms with van der Waals surface area (Å²) in [5, 5.41) is 17.9. The average Bonchev–Trinajstić information content (AvgIpc) is 3.62. The van der Waals surface area contributed by atoms with Gasteiger partial charge < -0.3 is 25.0 Å². The maximum absolute atomic E-state index is 11.5. The van der Waals surface area contributed by atoms with Crippen LogP contribution >= 0.6 is 23.2 Å². The molecule has 0 spiro atoms. The van der Waals surface area contributed by atoms with Gasteiger partial charge in [0.25, 0.3) is 0 Å². The Morgan fingerprint density at radius 1 is 1.09 bits per heavy atom. The van der Waals surface area contributed by atoms with Crippen molar-refractivity contribution in [3.8, 4) is 39.5 Å². The van der Waals surface area contributed by atoms with Gasteiger partial charge in [-0.1, -0.05) is 59.6 Å². The summed E-state index contributed by atoms with van der Waals surface area (Å²) in [5.74, 6) is 0.612. The predicted octanol–water partition coefficient (Wildman–Crippen LogP) is 6.08. The molecule has 3 aromatic heterocycles. The fourth-order valence-electron chi connectivity index (χ4n) is 6.21. The number of likely N-dealkylation sites (N-methyl/N-ethyl adjacent to an activating group) is 1. The van der Waals surface area contributed by atoms with E-state index in [-0.39, 0.29) is 18.6 Å². The topological polar surface area (TPSA) is 105 Å². The molecule has 6 rings (SSSR count). The monoisotopic (exact) mass is 672 g/mol. The van der Waals surface area contributed by atoms with Gasteiger partial charge in [-0.25, -0.2) is 4.98 Å². The van der Waals surface area contributed by atoms with Crippen molar-refractivity contribution in [3.05, 3.63) is 88.2 Å².